The average Bonchev–Trinajstić information content (AvgIpc) is 2.68. The molecule has 0 aliphatic carbocycles. The Labute approximate surface area is 147 Å². The lowest BCUT2D eigenvalue weighted by Gasteiger charge is -2.35. The summed E-state index contributed by atoms with van der Waals surface area (Å²) in [5.41, 5.74) is 1.69. The van der Waals surface area contributed by atoms with Gasteiger partial charge in [0.25, 0.3) is 0 Å². The molecule has 1 saturated heterocycles. The van der Waals surface area contributed by atoms with Crippen molar-refractivity contribution in [2.45, 2.75) is 6.54 Å². The van der Waals surface area contributed by atoms with Crippen molar-refractivity contribution in [1.82, 2.24) is 15.2 Å². The first-order valence-corrected chi connectivity index (χ1v) is 8.39. The zero-order chi connectivity index (χ0) is 17.5. The molecule has 128 valence electrons. The van der Waals surface area contributed by atoms with E-state index in [2.05, 4.69) is 26.2 Å². The van der Waals surface area contributed by atoms with Crippen molar-refractivity contribution < 1.29 is 4.79 Å². The minimum absolute atomic E-state index is 0.0350. The third-order valence-electron chi connectivity index (χ3n) is 4.28. The average molecular weight is 335 g/mol. The van der Waals surface area contributed by atoms with Crippen LogP contribution in [-0.2, 0) is 11.3 Å². The van der Waals surface area contributed by atoms with Gasteiger partial charge in [-0.1, -0.05) is 30.3 Å². The highest BCUT2D eigenvalue weighted by Crippen LogP contribution is 2.17. The molecule has 1 amide bonds. The molecule has 1 fully saturated rings. The van der Waals surface area contributed by atoms with Gasteiger partial charge in [0.1, 0.15) is 11.9 Å². The van der Waals surface area contributed by atoms with E-state index in [1.807, 2.05) is 30.3 Å². The number of benzene rings is 1. The van der Waals surface area contributed by atoms with Gasteiger partial charge >= 0.3 is 0 Å². The molecule has 1 aromatic heterocycles. The fourth-order valence-electron chi connectivity index (χ4n) is 2.91. The van der Waals surface area contributed by atoms with Crippen molar-refractivity contribution in [2.24, 2.45) is 0 Å². The van der Waals surface area contributed by atoms with Crippen molar-refractivity contribution >= 4 is 11.7 Å². The summed E-state index contributed by atoms with van der Waals surface area (Å²) in [7, 11) is 0. The minimum Gasteiger partial charge on any atom is -0.353 e. The van der Waals surface area contributed by atoms with Crippen LogP contribution in [-0.4, -0.2) is 48.5 Å². The van der Waals surface area contributed by atoms with Crippen LogP contribution in [0, 0.1) is 11.3 Å². The standard InChI is InChI=1S/C19H21N5O/c20-13-17-7-4-8-21-19(17)24-11-9-23(10-12-24)15-18(25)22-14-16-5-2-1-3-6-16/h1-8H,9-12,14-15H2,(H,22,25). The first-order chi connectivity index (χ1) is 12.3. The third kappa shape index (κ3) is 4.55. The molecule has 25 heavy (non-hydrogen) atoms. The van der Waals surface area contributed by atoms with Gasteiger partial charge in [0.05, 0.1) is 12.1 Å². The topological polar surface area (TPSA) is 72.3 Å². The lowest BCUT2D eigenvalue weighted by Crippen LogP contribution is -2.49. The largest absolute Gasteiger partial charge is 0.353 e. The lowest BCUT2D eigenvalue weighted by molar-refractivity contribution is -0.122. The molecule has 1 aliphatic heterocycles. The molecule has 0 spiro atoms. The van der Waals surface area contributed by atoms with E-state index >= 15 is 0 Å². The number of hydrogen-bond acceptors (Lipinski definition) is 5. The number of nitrogens with zero attached hydrogens (tertiary/aromatic N) is 4. The Balaban J connectivity index is 1.46. The lowest BCUT2D eigenvalue weighted by atomic mass is 10.2. The van der Waals surface area contributed by atoms with Crippen LogP contribution in [0.15, 0.2) is 48.7 Å². The fraction of sp³-hybridized carbons (Fsp3) is 0.316. The Morgan fingerprint density at radius 2 is 1.88 bits per heavy atom. The molecule has 1 aliphatic rings. The molecule has 0 saturated carbocycles. The molecule has 0 bridgehead atoms. The van der Waals surface area contributed by atoms with Gasteiger partial charge in [-0.2, -0.15) is 5.26 Å². The Morgan fingerprint density at radius 3 is 2.60 bits per heavy atom. The van der Waals surface area contributed by atoms with Crippen molar-refractivity contribution in [3.63, 3.8) is 0 Å². The van der Waals surface area contributed by atoms with Crippen molar-refractivity contribution in [3.8, 4) is 6.07 Å². The van der Waals surface area contributed by atoms with Crippen molar-refractivity contribution in [1.29, 1.82) is 5.26 Å². The van der Waals surface area contributed by atoms with Crippen LogP contribution in [0.4, 0.5) is 5.82 Å². The van der Waals surface area contributed by atoms with Crippen LogP contribution in [0.5, 0.6) is 0 Å². The van der Waals surface area contributed by atoms with Gasteiger partial charge in [-0.15, -0.1) is 0 Å². The quantitative estimate of drug-likeness (QED) is 0.894. The van der Waals surface area contributed by atoms with Crippen LogP contribution < -0.4 is 10.2 Å². The van der Waals surface area contributed by atoms with Gasteiger partial charge in [0.2, 0.25) is 5.91 Å². The van der Waals surface area contributed by atoms with Gasteiger partial charge in [-0.3, -0.25) is 9.69 Å². The summed E-state index contributed by atoms with van der Waals surface area (Å²) in [6, 6.07) is 15.6. The second-order valence-electron chi connectivity index (χ2n) is 6.01. The van der Waals surface area contributed by atoms with E-state index in [0.717, 1.165) is 37.6 Å². The number of carbonyl (C=O) groups excluding carboxylic acids is 1. The normalized spacial score (nSPS) is 14.8. The molecule has 6 heteroatoms. The van der Waals surface area contributed by atoms with Gasteiger partial charge in [0.15, 0.2) is 0 Å². The van der Waals surface area contributed by atoms with Gasteiger partial charge in [-0.05, 0) is 17.7 Å². The minimum atomic E-state index is 0.0350. The molecule has 2 aromatic rings. The monoisotopic (exact) mass is 335 g/mol. The van der Waals surface area contributed by atoms with Crippen LogP contribution in [0.3, 0.4) is 0 Å². The summed E-state index contributed by atoms with van der Waals surface area (Å²) in [6.45, 7) is 4.03. The van der Waals surface area contributed by atoms with Crippen molar-refractivity contribution in [2.75, 3.05) is 37.6 Å². The molecule has 0 atom stereocenters. The third-order valence-corrected chi connectivity index (χ3v) is 4.28. The van der Waals surface area contributed by atoms with E-state index in [0.29, 0.717) is 18.7 Å². The van der Waals surface area contributed by atoms with Crippen LogP contribution in [0.2, 0.25) is 0 Å². The Bertz CT molecular complexity index is 748. The van der Waals surface area contributed by atoms with E-state index < -0.39 is 0 Å². The highest BCUT2D eigenvalue weighted by Gasteiger charge is 2.21. The van der Waals surface area contributed by atoms with E-state index in [1.165, 1.54) is 0 Å². The Kier molecular flexibility index (Phi) is 5.60. The number of pyridine rings is 1. The zero-order valence-corrected chi connectivity index (χ0v) is 14.1. The summed E-state index contributed by atoms with van der Waals surface area (Å²) >= 11 is 0. The number of carbonyl (C=O) groups is 1. The maximum Gasteiger partial charge on any atom is 0.234 e. The predicted octanol–water partition coefficient (Wildman–Crippen LogP) is 1.39. The second-order valence-corrected chi connectivity index (χ2v) is 6.01. The summed E-state index contributed by atoms with van der Waals surface area (Å²) in [6.07, 6.45) is 1.71. The van der Waals surface area contributed by atoms with Gasteiger partial charge in [0, 0.05) is 38.9 Å². The van der Waals surface area contributed by atoms with Gasteiger partial charge < -0.3 is 10.2 Å². The zero-order valence-electron chi connectivity index (χ0n) is 14.1. The smallest absolute Gasteiger partial charge is 0.234 e. The highest BCUT2D eigenvalue weighted by atomic mass is 16.2. The van der Waals surface area contributed by atoms with E-state index in [1.54, 1.807) is 18.3 Å². The summed E-state index contributed by atoms with van der Waals surface area (Å²) in [4.78, 5) is 20.7. The number of nitriles is 1. The molecule has 3 rings (SSSR count). The van der Waals surface area contributed by atoms with Crippen molar-refractivity contribution in [3.05, 3.63) is 59.8 Å². The second kappa shape index (κ2) is 8.27. The summed E-state index contributed by atoms with van der Waals surface area (Å²) < 4.78 is 0. The van der Waals surface area contributed by atoms with E-state index in [-0.39, 0.29) is 5.91 Å². The molecular weight excluding hydrogens is 314 g/mol. The highest BCUT2D eigenvalue weighted by molar-refractivity contribution is 5.78. The molecule has 0 unspecified atom stereocenters. The van der Waals surface area contributed by atoms with Crippen LogP contribution >= 0.6 is 0 Å². The predicted molar refractivity (Wildman–Crippen MR) is 95.9 cm³/mol. The molecular formula is C19H21N5O. The molecule has 1 N–H and O–H groups in total. The maximum absolute atomic E-state index is 12.1. The Morgan fingerprint density at radius 1 is 1.12 bits per heavy atom. The van der Waals surface area contributed by atoms with Crippen LogP contribution in [0.1, 0.15) is 11.1 Å². The summed E-state index contributed by atoms with van der Waals surface area (Å²) in [5.74, 6) is 0.769. The fourth-order valence-corrected chi connectivity index (χ4v) is 2.91. The number of piperazine rings is 1. The maximum atomic E-state index is 12.1. The first kappa shape index (κ1) is 16.9. The molecule has 2 heterocycles. The summed E-state index contributed by atoms with van der Waals surface area (Å²) in [5, 5.41) is 12.2. The number of rotatable bonds is 5. The van der Waals surface area contributed by atoms with E-state index in [4.69, 9.17) is 0 Å². The number of amides is 1. The molecule has 0 radical (unpaired) electrons. The SMILES string of the molecule is N#Cc1cccnc1N1CCN(CC(=O)NCc2ccccc2)CC1. The van der Waals surface area contributed by atoms with E-state index in [9.17, 15) is 10.1 Å². The first-order valence-electron chi connectivity index (χ1n) is 8.39. The van der Waals surface area contributed by atoms with Crippen LogP contribution in [0.25, 0.3) is 0 Å². The number of hydrogen-bond donors (Lipinski definition) is 1. The molecule has 1 aromatic carbocycles. The molecule has 6 nitrogen and oxygen atoms in total. The number of aromatic nitrogens is 1. The van der Waals surface area contributed by atoms with Gasteiger partial charge in [-0.25, -0.2) is 4.98 Å². The number of anilines is 1. The number of nitrogens with one attached hydrogen (secondary N) is 1. The Hall–Kier alpha value is -2.91.